The van der Waals surface area contributed by atoms with E-state index in [1.807, 2.05) is 12.3 Å². The van der Waals surface area contributed by atoms with Gasteiger partial charge < -0.3 is 10.5 Å². The van der Waals surface area contributed by atoms with Crippen molar-refractivity contribution in [2.24, 2.45) is 5.73 Å². The van der Waals surface area contributed by atoms with Gasteiger partial charge in [0, 0.05) is 23.9 Å². The molecule has 0 bridgehead atoms. The zero-order chi connectivity index (χ0) is 13.9. The van der Waals surface area contributed by atoms with Crippen LogP contribution in [0.2, 0.25) is 0 Å². The molecule has 2 aliphatic rings. The minimum absolute atomic E-state index is 0.100. The largest absolute Gasteiger partial charge is 0.375 e. The third kappa shape index (κ3) is 2.61. The van der Waals surface area contributed by atoms with Crippen molar-refractivity contribution in [3.63, 3.8) is 0 Å². The summed E-state index contributed by atoms with van der Waals surface area (Å²) >= 11 is 0. The summed E-state index contributed by atoms with van der Waals surface area (Å²) in [5.74, 6) is 0. The molecule has 1 saturated carbocycles. The van der Waals surface area contributed by atoms with Crippen molar-refractivity contribution >= 4 is 0 Å². The fourth-order valence-electron chi connectivity index (χ4n) is 4.25. The van der Waals surface area contributed by atoms with Gasteiger partial charge in [0.05, 0.1) is 5.60 Å². The molecule has 1 saturated heterocycles. The molecule has 3 heteroatoms. The van der Waals surface area contributed by atoms with Crippen LogP contribution < -0.4 is 5.73 Å². The average molecular weight is 274 g/mol. The monoisotopic (exact) mass is 274 g/mol. The van der Waals surface area contributed by atoms with Gasteiger partial charge in [-0.1, -0.05) is 25.3 Å². The summed E-state index contributed by atoms with van der Waals surface area (Å²) in [5, 5.41) is 0. The second kappa shape index (κ2) is 5.82. The maximum absolute atomic E-state index is 6.26. The summed E-state index contributed by atoms with van der Waals surface area (Å²) in [4.78, 5) is 4.66. The Labute approximate surface area is 121 Å². The van der Waals surface area contributed by atoms with Crippen LogP contribution in [0.4, 0.5) is 0 Å². The van der Waals surface area contributed by atoms with Crippen LogP contribution in [-0.4, -0.2) is 23.7 Å². The van der Waals surface area contributed by atoms with E-state index in [2.05, 4.69) is 17.1 Å². The quantitative estimate of drug-likeness (QED) is 0.921. The van der Waals surface area contributed by atoms with Gasteiger partial charge in [-0.25, -0.2) is 0 Å². The average Bonchev–Trinajstić information content (AvgIpc) is 2.49. The van der Waals surface area contributed by atoms with Gasteiger partial charge >= 0.3 is 0 Å². The molecule has 1 atom stereocenters. The highest BCUT2D eigenvalue weighted by molar-refractivity contribution is 5.20. The molecule has 2 heterocycles. The summed E-state index contributed by atoms with van der Waals surface area (Å²) in [6.07, 6.45) is 11.5. The predicted octanol–water partition coefficient (Wildman–Crippen LogP) is 3.18. The first-order chi connectivity index (χ1) is 9.79. The number of nitrogens with zero attached hydrogens (tertiary/aromatic N) is 1. The number of hydrogen-bond acceptors (Lipinski definition) is 3. The maximum Gasteiger partial charge on any atom is 0.0691 e. The van der Waals surface area contributed by atoms with Crippen molar-refractivity contribution in [2.75, 3.05) is 13.2 Å². The van der Waals surface area contributed by atoms with Crippen molar-refractivity contribution in [3.05, 3.63) is 30.1 Å². The van der Waals surface area contributed by atoms with Gasteiger partial charge in [-0.3, -0.25) is 4.98 Å². The van der Waals surface area contributed by atoms with Crippen LogP contribution in [-0.2, 0) is 10.2 Å². The smallest absolute Gasteiger partial charge is 0.0691 e. The maximum atomic E-state index is 6.26. The third-order valence-electron chi connectivity index (χ3n) is 5.25. The molecule has 3 rings (SSSR count). The van der Waals surface area contributed by atoms with Gasteiger partial charge in [0.15, 0.2) is 0 Å². The molecule has 1 aromatic heterocycles. The Hall–Kier alpha value is -0.930. The molecule has 20 heavy (non-hydrogen) atoms. The van der Waals surface area contributed by atoms with Crippen LogP contribution in [0.5, 0.6) is 0 Å². The first-order valence-electron chi connectivity index (χ1n) is 8.04. The van der Waals surface area contributed by atoms with E-state index in [1.54, 1.807) is 0 Å². The van der Waals surface area contributed by atoms with E-state index in [0.29, 0.717) is 0 Å². The standard InChI is InChI=1S/C17H26N2O/c18-11-9-16(15-6-2-5-12-19-15)10-13-20-17(14-16)7-3-1-4-8-17/h2,5-6,12H,1,3-4,7-11,13-14,18H2/t16-/m1/s1. The minimum Gasteiger partial charge on any atom is -0.375 e. The third-order valence-corrected chi connectivity index (χ3v) is 5.25. The van der Waals surface area contributed by atoms with E-state index < -0.39 is 0 Å². The second-order valence-corrected chi connectivity index (χ2v) is 6.55. The van der Waals surface area contributed by atoms with Gasteiger partial charge in [-0.05, 0) is 50.8 Å². The Morgan fingerprint density at radius 1 is 1.15 bits per heavy atom. The van der Waals surface area contributed by atoms with Crippen LogP contribution in [0.25, 0.3) is 0 Å². The van der Waals surface area contributed by atoms with E-state index in [1.165, 1.54) is 37.8 Å². The minimum atomic E-state index is 0.100. The van der Waals surface area contributed by atoms with Crippen LogP contribution in [0.3, 0.4) is 0 Å². The zero-order valence-corrected chi connectivity index (χ0v) is 12.3. The van der Waals surface area contributed by atoms with Crippen LogP contribution in [0.1, 0.15) is 57.1 Å². The summed E-state index contributed by atoms with van der Waals surface area (Å²) < 4.78 is 6.26. The lowest BCUT2D eigenvalue weighted by molar-refractivity contribution is -0.127. The topological polar surface area (TPSA) is 48.1 Å². The van der Waals surface area contributed by atoms with Crippen molar-refractivity contribution in [1.29, 1.82) is 0 Å². The molecule has 2 N–H and O–H groups in total. The van der Waals surface area contributed by atoms with Crippen molar-refractivity contribution in [2.45, 2.75) is 62.4 Å². The van der Waals surface area contributed by atoms with Crippen molar-refractivity contribution < 1.29 is 4.74 Å². The summed E-state index contributed by atoms with van der Waals surface area (Å²) in [6, 6.07) is 6.27. The fourth-order valence-corrected chi connectivity index (χ4v) is 4.25. The summed E-state index contributed by atoms with van der Waals surface area (Å²) in [5.41, 5.74) is 7.38. The Bertz CT molecular complexity index is 418. The van der Waals surface area contributed by atoms with Gasteiger partial charge in [0.2, 0.25) is 0 Å². The lowest BCUT2D eigenvalue weighted by Crippen LogP contribution is -2.49. The molecular weight excluding hydrogens is 248 g/mol. The Kier molecular flexibility index (Phi) is 4.08. The molecule has 110 valence electrons. The summed E-state index contributed by atoms with van der Waals surface area (Å²) in [6.45, 7) is 1.59. The molecule has 1 aliphatic carbocycles. The second-order valence-electron chi connectivity index (χ2n) is 6.55. The van der Waals surface area contributed by atoms with Crippen LogP contribution in [0, 0.1) is 0 Å². The van der Waals surface area contributed by atoms with E-state index >= 15 is 0 Å². The first-order valence-corrected chi connectivity index (χ1v) is 8.04. The SMILES string of the molecule is NCC[C@@]1(c2ccccn2)CCOC2(CCCCC2)C1. The van der Waals surface area contributed by atoms with Crippen LogP contribution in [0.15, 0.2) is 24.4 Å². The fraction of sp³-hybridized carbons (Fsp3) is 0.706. The lowest BCUT2D eigenvalue weighted by Gasteiger charge is -2.49. The van der Waals surface area contributed by atoms with E-state index in [9.17, 15) is 0 Å². The van der Waals surface area contributed by atoms with E-state index in [4.69, 9.17) is 10.5 Å². The summed E-state index contributed by atoms with van der Waals surface area (Å²) in [7, 11) is 0. The predicted molar refractivity (Wildman–Crippen MR) is 80.6 cm³/mol. The molecule has 1 aliphatic heterocycles. The molecule has 0 amide bonds. The number of rotatable bonds is 3. The van der Waals surface area contributed by atoms with E-state index in [-0.39, 0.29) is 11.0 Å². The van der Waals surface area contributed by atoms with Crippen LogP contribution >= 0.6 is 0 Å². The molecule has 1 spiro atoms. The Balaban J connectivity index is 1.90. The molecular formula is C17H26N2O. The molecule has 1 aromatic rings. The van der Waals surface area contributed by atoms with Gasteiger partial charge in [0.25, 0.3) is 0 Å². The normalized spacial score (nSPS) is 29.4. The van der Waals surface area contributed by atoms with Gasteiger partial charge in [-0.15, -0.1) is 0 Å². The van der Waals surface area contributed by atoms with Gasteiger partial charge in [0.1, 0.15) is 0 Å². The van der Waals surface area contributed by atoms with E-state index in [0.717, 1.165) is 32.4 Å². The molecule has 0 unspecified atom stereocenters. The first kappa shape index (κ1) is 14.0. The highest BCUT2D eigenvalue weighted by Gasteiger charge is 2.47. The number of ether oxygens (including phenoxy) is 1. The zero-order valence-electron chi connectivity index (χ0n) is 12.3. The highest BCUT2D eigenvalue weighted by Crippen LogP contribution is 2.48. The van der Waals surface area contributed by atoms with Gasteiger partial charge in [-0.2, -0.15) is 0 Å². The number of hydrogen-bond donors (Lipinski definition) is 1. The Morgan fingerprint density at radius 2 is 2.00 bits per heavy atom. The number of nitrogens with two attached hydrogens (primary N) is 1. The molecule has 0 aromatic carbocycles. The highest BCUT2D eigenvalue weighted by atomic mass is 16.5. The Morgan fingerprint density at radius 3 is 2.70 bits per heavy atom. The lowest BCUT2D eigenvalue weighted by atomic mass is 9.65. The van der Waals surface area contributed by atoms with Crippen molar-refractivity contribution in [3.8, 4) is 0 Å². The number of aromatic nitrogens is 1. The molecule has 3 nitrogen and oxygen atoms in total. The van der Waals surface area contributed by atoms with Crippen molar-refractivity contribution in [1.82, 2.24) is 4.98 Å². The molecule has 0 radical (unpaired) electrons. The molecule has 2 fully saturated rings. The number of pyridine rings is 1.